The summed E-state index contributed by atoms with van der Waals surface area (Å²) in [6.07, 6.45) is 8.03. The number of fused-ring (bicyclic) bond motifs is 3. The molecule has 2 aliphatic rings. The molecule has 1 nitrogen and oxygen atoms in total. The minimum absolute atomic E-state index is 0.223. The van der Waals surface area contributed by atoms with E-state index in [0.29, 0.717) is 5.92 Å². The molecule has 1 heteroatoms. The van der Waals surface area contributed by atoms with Crippen LogP contribution in [0.25, 0.3) is 0 Å². The largest absolute Gasteiger partial charge is 0.485 e. The second-order valence-electron chi connectivity index (χ2n) is 4.21. The molecular formula is C14H14O. The van der Waals surface area contributed by atoms with Crippen molar-refractivity contribution in [2.24, 2.45) is 0 Å². The first-order chi connectivity index (χ1) is 7.36. The van der Waals surface area contributed by atoms with Crippen LogP contribution in [0.2, 0.25) is 0 Å². The van der Waals surface area contributed by atoms with Gasteiger partial charge in [-0.2, -0.15) is 0 Å². The highest BCUT2D eigenvalue weighted by molar-refractivity contribution is 5.46. The molecule has 0 N–H and O–H groups in total. The van der Waals surface area contributed by atoms with Crippen LogP contribution in [0.4, 0.5) is 0 Å². The van der Waals surface area contributed by atoms with Crippen molar-refractivity contribution < 1.29 is 4.74 Å². The molecule has 0 spiro atoms. The Morgan fingerprint density at radius 2 is 2.13 bits per heavy atom. The highest BCUT2D eigenvalue weighted by atomic mass is 16.5. The van der Waals surface area contributed by atoms with Crippen LogP contribution in [-0.2, 0) is 0 Å². The number of allylic oxidation sites excluding steroid dienone is 2. The second kappa shape index (κ2) is 3.27. The summed E-state index contributed by atoms with van der Waals surface area (Å²) < 4.78 is 5.98. The van der Waals surface area contributed by atoms with E-state index in [1.807, 2.05) is 6.07 Å². The van der Waals surface area contributed by atoms with Gasteiger partial charge in [0.1, 0.15) is 11.9 Å². The van der Waals surface area contributed by atoms with Crippen molar-refractivity contribution in [3.8, 4) is 5.75 Å². The average Bonchev–Trinajstić information content (AvgIpc) is 2.54. The molecule has 0 fully saturated rings. The fraction of sp³-hybridized carbons (Fsp3) is 0.286. The smallest absolute Gasteiger partial charge is 0.130 e. The Morgan fingerprint density at radius 3 is 3.07 bits per heavy atom. The topological polar surface area (TPSA) is 9.23 Å². The molecule has 2 atom stereocenters. The Balaban J connectivity index is 2.10. The zero-order chi connectivity index (χ0) is 10.3. The van der Waals surface area contributed by atoms with Crippen molar-refractivity contribution in [3.63, 3.8) is 0 Å². The van der Waals surface area contributed by atoms with Gasteiger partial charge in [0.25, 0.3) is 0 Å². The van der Waals surface area contributed by atoms with Gasteiger partial charge in [0, 0.05) is 11.5 Å². The van der Waals surface area contributed by atoms with E-state index in [1.165, 1.54) is 11.1 Å². The molecule has 3 rings (SSSR count). The maximum Gasteiger partial charge on any atom is 0.130 e. The lowest BCUT2D eigenvalue weighted by Crippen LogP contribution is -2.18. The van der Waals surface area contributed by atoms with Gasteiger partial charge in [-0.3, -0.25) is 0 Å². The van der Waals surface area contributed by atoms with Gasteiger partial charge in [-0.15, -0.1) is 0 Å². The van der Waals surface area contributed by atoms with Crippen LogP contribution in [0.3, 0.4) is 0 Å². The third kappa shape index (κ3) is 1.30. The number of para-hydroxylation sites is 1. The summed E-state index contributed by atoms with van der Waals surface area (Å²) in [7, 11) is 0. The maximum absolute atomic E-state index is 5.98. The Hall–Kier alpha value is -1.50. The molecular weight excluding hydrogens is 184 g/mol. The van der Waals surface area contributed by atoms with Crippen LogP contribution in [0.1, 0.15) is 24.8 Å². The van der Waals surface area contributed by atoms with Crippen molar-refractivity contribution in [2.75, 3.05) is 0 Å². The molecule has 76 valence electrons. The Morgan fingerprint density at radius 1 is 1.27 bits per heavy atom. The fourth-order valence-electron chi connectivity index (χ4n) is 2.41. The van der Waals surface area contributed by atoms with Crippen molar-refractivity contribution in [1.29, 1.82) is 0 Å². The molecule has 15 heavy (non-hydrogen) atoms. The van der Waals surface area contributed by atoms with E-state index in [9.17, 15) is 0 Å². The predicted molar refractivity (Wildman–Crippen MR) is 61.1 cm³/mol. The van der Waals surface area contributed by atoms with Crippen molar-refractivity contribution in [1.82, 2.24) is 0 Å². The van der Waals surface area contributed by atoms with E-state index >= 15 is 0 Å². The molecule has 0 aromatic heterocycles. The van der Waals surface area contributed by atoms with E-state index in [4.69, 9.17) is 4.74 Å². The second-order valence-corrected chi connectivity index (χ2v) is 4.21. The summed E-state index contributed by atoms with van der Waals surface area (Å²) in [6.45, 7) is 2.16. The van der Waals surface area contributed by atoms with Gasteiger partial charge in [0.05, 0.1) is 0 Å². The summed E-state index contributed by atoms with van der Waals surface area (Å²) in [5.41, 5.74) is 2.68. The monoisotopic (exact) mass is 198 g/mol. The molecule has 1 heterocycles. The van der Waals surface area contributed by atoms with E-state index in [2.05, 4.69) is 43.4 Å². The number of hydrogen-bond acceptors (Lipinski definition) is 1. The van der Waals surface area contributed by atoms with Gasteiger partial charge in [0.2, 0.25) is 0 Å². The lowest BCUT2D eigenvalue weighted by molar-refractivity contribution is 0.257. The highest BCUT2D eigenvalue weighted by Gasteiger charge is 2.33. The first-order valence-corrected chi connectivity index (χ1v) is 5.45. The molecule has 0 amide bonds. The Bertz CT molecular complexity index is 442. The van der Waals surface area contributed by atoms with Gasteiger partial charge in [-0.1, -0.05) is 36.4 Å². The van der Waals surface area contributed by atoms with Crippen molar-refractivity contribution in [3.05, 3.63) is 53.6 Å². The van der Waals surface area contributed by atoms with Crippen molar-refractivity contribution >= 4 is 0 Å². The number of rotatable bonds is 0. The molecule has 0 saturated heterocycles. The zero-order valence-electron chi connectivity index (χ0n) is 8.81. The SMILES string of the molecule is CC1=CCC=CC2c3ccccc3OC12. The Kier molecular flexibility index (Phi) is 1.91. The molecule has 1 aliphatic heterocycles. The fourth-order valence-corrected chi connectivity index (χ4v) is 2.41. The van der Waals surface area contributed by atoms with Gasteiger partial charge in [-0.25, -0.2) is 0 Å². The standard InChI is InChI=1S/C14H14O/c1-10-6-2-3-8-12-11-7-4-5-9-13(11)15-14(10)12/h3-9,12,14H,2H2,1H3. The molecule has 1 aromatic carbocycles. The quantitative estimate of drug-likeness (QED) is 0.580. The highest BCUT2D eigenvalue weighted by Crippen LogP contribution is 2.42. The first kappa shape index (κ1) is 8.78. The van der Waals surface area contributed by atoms with Gasteiger partial charge >= 0.3 is 0 Å². The number of hydrogen-bond donors (Lipinski definition) is 0. The van der Waals surface area contributed by atoms with Crippen LogP contribution in [0, 0.1) is 0 Å². The van der Waals surface area contributed by atoms with Crippen molar-refractivity contribution in [2.45, 2.75) is 25.4 Å². The maximum atomic E-state index is 5.98. The van der Waals surface area contributed by atoms with Crippen LogP contribution >= 0.6 is 0 Å². The number of benzene rings is 1. The van der Waals surface area contributed by atoms with E-state index in [-0.39, 0.29) is 6.10 Å². The summed E-state index contributed by atoms with van der Waals surface area (Å²) in [5, 5.41) is 0. The minimum atomic E-state index is 0.223. The van der Waals surface area contributed by atoms with Gasteiger partial charge in [0.15, 0.2) is 0 Å². The zero-order valence-corrected chi connectivity index (χ0v) is 8.81. The Labute approximate surface area is 90.1 Å². The normalized spacial score (nSPS) is 27.4. The van der Waals surface area contributed by atoms with Crippen LogP contribution in [0.15, 0.2) is 48.1 Å². The van der Waals surface area contributed by atoms with E-state index in [1.54, 1.807) is 0 Å². The van der Waals surface area contributed by atoms with E-state index < -0.39 is 0 Å². The molecule has 0 bridgehead atoms. The molecule has 1 aliphatic carbocycles. The lowest BCUT2D eigenvalue weighted by atomic mass is 9.92. The van der Waals surface area contributed by atoms with Crippen LogP contribution < -0.4 is 4.74 Å². The van der Waals surface area contributed by atoms with Crippen LogP contribution in [-0.4, -0.2) is 6.10 Å². The predicted octanol–water partition coefficient (Wildman–Crippen LogP) is 3.44. The molecule has 2 unspecified atom stereocenters. The molecule has 1 aromatic rings. The third-order valence-electron chi connectivity index (χ3n) is 3.23. The summed E-state index contributed by atoms with van der Waals surface area (Å²) in [4.78, 5) is 0. The lowest BCUT2D eigenvalue weighted by Gasteiger charge is -2.15. The summed E-state index contributed by atoms with van der Waals surface area (Å²) in [5.74, 6) is 1.46. The molecule has 0 saturated carbocycles. The average molecular weight is 198 g/mol. The summed E-state index contributed by atoms with van der Waals surface area (Å²) in [6, 6.07) is 8.35. The first-order valence-electron chi connectivity index (χ1n) is 5.45. The van der Waals surface area contributed by atoms with Gasteiger partial charge < -0.3 is 4.74 Å². The van der Waals surface area contributed by atoms with Crippen LogP contribution in [0.5, 0.6) is 5.75 Å². The third-order valence-corrected chi connectivity index (χ3v) is 3.23. The minimum Gasteiger partial charge on any atom is -0.485 e. The van der Waals surface area contributed by atoms with E-state index in [0.717, 1.165) is 12.2 Å². The van der Waals surface area contributed by atoms with Gasteiger partial charge in [-0.05, 0) is 25.0 Å². The number of ether oxygens (including phenoxy) is 1. The summed E-state index contributed by atoms with van der Waals surface area (Å²) >= 11 is 0. The molecule has 0 radical (unpaired) electrons.